The Morgan fingerprint density at radius 1 is 1.89 bits per heavy atom. The zero-order valence-electron chi connectivity index (χ0n) is 5.13. The first-order valence-electron chi connectivity index (χ1n) is 2.50. The van der Waals surface area contributed by atoms with Crippen molar-refractivity contribution in [3.05, 3.63) is 21.8 Å². The van der Waals surface area contributed by atoms with E-state index in [9.17, 15) is 10.1 Å². The Hall–Kier alpha value is -0.380. The zero-order chi connectivity index (χ0) is 7.28. The van der Waals surface area contributed by atoms with E-state index in [-0.39, 0.29) is 11.5 Å². The summed E-state index contributed by atoms with van der Waals surface area (Å²) in [4.78, 5) is 9.50. The summed E-state index contributed by atoms with van der Waals surface area (Å²) < 4.78 is 0. The van der Waals surface area contributed by atoms with Crippen molar-refractivity contribution in [2.24, 2.45) is 0 Å². The van der Waals surface area contributed by atoms with Crippen LogP contribution in [-0.2, 0) is 0 Å². The van der Waals surface area contributed by atoms with Crippen molar-refractivity contribution in [3.63, 3.8) is 0 Å². The molecule has 0 spiro atoms. The quantitative estimate of drug-likeness (QED) is 0.296. The molecular formula is C5H8BrNO2. The molecule has 0 bridgehead atoms. The third-order valence-electron chi connectivity index (χ3n) is 0.804. The van der Waals surface area contributed by atoms with Crippen LogP contribution in [-0.4, -0.2) is 16.8 Å². The number of halogens is 1. The average Bonchev–Trinajstić information content (AvgIpc) is 1.63. The summed E-state index contributed by atoms with van der Waals surface area (Å²) in [6.45, 7) is 1.69. The van der Waals surface area contributed by atoms with Crippen LogP contribution >= 0.6 is 15.9 Å². The van der Waals surface area contributed by atoms with Gasteiger partial charge in [0.25, 0.3) is 0 Å². The minimum atomic E-state index is -0.339. The second-order valence-corrected chi connectivity index (χ2v) is 2.34. The van der Waals surface area contributed by atoms with Gasteiger partial charge in [-0.05, 0) is 12.5 Å². The fraction of sp³-hybridized carbons (Fsp3) is 0.600. The molecule has 0 aromatic rings. The van der Waals surface area contributed by atoms with Crippen molar-refractivity contribution in [1.82, 2.24) is 0 Å². The first kappa shape index (κ1) is 8.62. The van der Waals surface area contributed by atoms with Crippen LogP contribution < -0.4 is 0 Å². The lowest BCUT2D eigenvalue weighted by molar-refractivity contribution is -0.470. The van der Waals surface area contributed by atoms with Crippen LogP contribution in [0.25, 0.3) is 0 Å². The number of rotatable bonds is 3. The van der Waals surface area contributed by atoms with Crippen molar-refractivity contribution in [2.45, 2.75) is 6.92 Å². The van der Waals surface area contributed by atoms with Crippen LogP contribution in [0.3, 0.4) is 0 Å². The summed E-state index contributed by atoms with van der Waals surface area (Å²) in [5.74, 6) is 0. The predicted octanol–water partition coefficient (Wildman–Crippen LogP) is 1.60. The minimum absolute atomic E-state index is 0.0500. The summed E-state index contributed by atoms with van der Waals surface area (Å²) in [7, 11) is 0. The molecular weight excluding hydrogens is 186 g/mol. The molecule has 0 heterocycles. The summed E-state index contributed by atoms with van der Waals surface area (Å²) in [6.07, 6.45) is 1.78. The van der Waals surface area contributed by atoms with E-state index < -0.39 is 0 Å². The van der Waals surface area contributed by atoms with Gasteiger partial charge in [-0.25, -0.2) is 0 Å². The maximum atomic E-state index is 9.83. The van der Waals surface area contributed by atoms with Crippen LogP contribution in [0.2, 0.25) is 0 Å². The highest BCUT2D eigenvalue weighted by molar-refractivity contribution is 9.09. The second-order valence-electron chi connectivity index (χ2n) is 1.70. The van der Waals surface area contributed by atoms with E-state index >= 15 is 0 Å². The smallest absolute Gasteiger partial charge is 0.224 e. The van der Waals surface area contributed by atoms with Crippen LogP contribution in [0.15, 0.2) is 11.6 Å². The minimum Gasteiger partial charge on any atom is -0.264 e. The predicted molar refractivity (Wildman–Crippen MR) is 39.4 cm³/mol. The first-order valence-corrected chi connectivity index (χ1v) is 3.62. The second kappa shape index (κ2) is 4.49. The van der Waals surface area contributed by atoms with Gasteiger partial charge in [0, 0.05) is 10.3 Å². The highest BCUT2D eigenvalue weighted by Crippen LogP contribution is 1.93. The molecule has 0 saturated heterocycles. The van der Waals surface area contributed by atoms with Gasteiger partial charge in [-0.2, -0.15) is 0 Å². The molecule has 4 heteroatoms. The SMILES string of the molecule is CC(=CCBr)C[N+](=O)[O-]. The summed E-state index contributed by atoms with van der Waals surface area (Å²) in [6, 6.07) is 0. The zero-order valence-corrected chi connectivity index (χ0v) is 6.72. The molecule has 0 atom stereocenters. The maximum Gasteiger partial charge on any atom is 0.224 e. The monoisotopic (exact) mass is 193 g/mol. The van der Waals surface area contributed by atoms with E-state index in [2.05, 4.69) is 15.9 Å². The summed E-state index contributed by atoms with van der Waals surface area (Å²) in [5, 5.41) is 10.5. The lowest BCUT2D eigenvalue weighted by atomic mass is 10.3. The molecule has 0 rings (SSSR count). The van der Waals surface area contributed by atoms with E-state index in [1.165, 1.54) is 0 Å². The van der Waals surface area contributed by atoms with Crippen molar-refractivity contribution < 1.29 is 4.92 Å². The summed E-state index contributed by atoms with van der Waals surface area (Å²) in [5.41, 5.74) is 0.789. The molecule has 0 aromatic carbocycles. The van der Waals surface area contributed by atoms with Gasteiger partial charge in [0.05, 0.1) is 0 Å². The fourth-order valence-corrected chi connectivity index (χ4v) is 0.953. The lowest BCUT2D eigenvalue weighted by Gasteiger charge is -1.89. The van der Waals surface area contributed by atoms with Crippen molar-refractivity contribution in [2.75, 3.05) is 11.9 Å². The highest BCUT2D eigenvalue weighted by atomic mass is 79.9. The number of hydrogen-bond donors (Lipinski definition) is 0. The van der Waals surface area contributed by atoms with Gasteiger partial charge in [-0.1, -0.05) is 22.0 Å². The highest BCUT2D eigenvalue weighted by Gasteiger charge is 1.96. The van der Waals surface area contributed by atoms with E-state index in [0.29, 0.717) is 5.33 Å². The molecule has 0 amide bonds. The fourth-order valence-electron chi connectivity index (χ4n) is 0.400. The molecule has 0 aliphatic carbocycles. The standard InChI is InChI=1S/C5H8BrNO2/c1-5(2-3-6)4-7(8)9/h2H,3-4H2,1H3. The molecule has 0 N–H and O–H groups in total. The summed E-state index contributed by atoms with van der Waals surface area (Å²) >= 11 is 3.14. The Morgan fingerprint density at radius 2 is 2.44 bits per heavy atom. The number of allylic oxidation sites excluding steroid dienone is 1. The van der Waals surface area contributed by atoms with Gasteiger partial charge in [-0.15, -0.1) is 0 Å². The Bertz CT molecular complexity index is 133. The van der Waals surface area contributed by atoms with Gasteiger partial charge in [0.1, 0.15) is 0 Å². The molecule has 0 unspecified atom stereocenters. The number of nitrogens with zero attached hydrogens (tertiary/aromatic N) is 1. The largest absolute Gasteiger partial charge is 0.264 e. The van der Waals surface area contributed by atoms with Crippen molar-refractivity contribution in [1.29, 1.82) is 0 Å². The lowest BCUT2D eigenvalue weighted by Crippen LogP contribution is -2.01. The molecule has 0 aromatic heterocycles. The van der Waals surface area contributed by atoms with Gasteiger partial charge in [-0.3, -0.25) is 10.1 Å². The van der Waals surface area contributed by atoms with Crippen molar-refractivity contribution in [3.8, 4) is 0 Å². The van der Waals surface area contributed by atoms with Gasteiger partial charge in [0.15, 0.2) is 0 Å². The third-order valence-corrected chi connectivity index (χ3v) is 1.13. The van der Waals surface area contributed by atoms with E-state index in [4.69, 9.17) is 0 Å². The molecule has 0 fully saturated rings. The Balaban J connectivity index is 3.62. The molecule has 0 radical (unpaired) electrons. The van der Waals surface area contributed by atoms with Crippen LogP contribution in [0.5, 0.6) is 0 Å². The molecule has 0 aliphatic rings. The average molecular weight is 194 g/mol. The van der Waals surface area contributed by atoms with Gasteiger partial charge < -0.3 is 0 Å². The number of hydrogen-bond acceptors (Lipinski definition) is 2. The van der Waals surface area contributed by atoms with Gasteiger partial charge >= 0.3 is 0 Å². The molecule has 0 saturated carbocycles. The maximum absolute atomic E-state index is 9.83. The molecule has 9 heavy (non-hydrogen) atoms. The molecule has 52 valence electrons. The van der Waals surface area contributed by atoms with E-state index in [0.717, 1.165) is 5.57 Å². The van der Waals surface area contributed by atoms with E-state index in [1.54, 1.807) is 13.0 Å². The normalized spacial score (nSPS) is 11.6. The van der Waals surface area contributed by atoms with Crippen LogP contribution in [0.1, 0.15) is 6.92 Å². The van der Waals surface area contributed by atoms with E-state index in [1.807, 2.05) is 0 Å². The van der Waals surface area contributed by atoms with Crippen LogP contribution in [0, 0.1) is 10.1 Å². The van der Waals surface area contributed by atoms with Crippen LogP contribution in [0.4, 0.5) is 0 Å². The Morgan fingerprint density at radius 3 is 2.78 bits per heavy atom. The third kappa shape index (κ3) is 5.49. The topological polar surface area (TPSA) is 43.1 Å². The first-order chi connectivity index (χ1) is 4.16. The van der Waals surface area contributed by atoms with Gasteiger partial charge in [0.2, 0.25) is 6.54 Å². The van der Waals surface area contributed by atoms with Crippen molar-refractivity contribution >= 4 is 15.9 Å². The molecule has 0 aliphatic heterocycles. The Kier molecular flexibility index (Phi) is 4.30. The molecule has 3 nitrogen and oxygen atoms in total. The Labute approximate surface area is 62.0 Å². The number of alkyl halides is 1. The number of nitro groups is 1.